The quantitative estimate of drug-likeness (QED) is 0.401. The summed E-state index contributed by atoms with van der Waals surface area (Å²) >= 11 is 0. The van der Waals surface area contributed by atoms with E-state index in [0.717, 1.165) is 12.6 Å². The summed E-state index contributed by atoms with van der Waals surface area (Å²) in [4.78, 5) is 0. The molecule has 0 aliphatic heterocycles. The van der Waals surface area contributed by atoms with Crippen LogP contribution < -0.4 is 15.9 Å². The Labute approximate surface area is 152 Å². The lowest BCUT2D eigenvalue weighted by atomic mass is 10.3. The van der Waals surface area contributed by atoms with Crippen molar-refractivity contribution < 1.29 is 0 Å². The molecule has 0 spiro atoms. The molecule has 0 saturated carbocycles. The smallest absolute Gasteiger partial charge is 0.0849 e. The average Bonchev–Trinajstić information content (AvgIpc) is 2.70. The summed E-state index contributed by atoms with van der Waals surface area (Å²) in [5.41, 5.74) is 0. The molecule has 1 heteroatoms. The van der Waals surface area contributed by atoms with Crippen molar-refractivity contribution in [3.05, 3.63) is 103 Å². The van der Waals surface area contributed by atoms with Crippen LogP contribution in [0.1, 0.15) is 19.8 Å². The summed E-state index contributed by atoms with van der Waals surface area (Å²) < 4.78 is 0. The molecule has 0 fully saturated rings. The molecule has 3 rings (SSSR count). The first-order valence-electron chi connectivity index (χ1n) is 9.08. The number of allylic oxidation sites excluding steroid dienone is 2. The molecule has 0 radical (unpaired) electrons. The maximum Gasteiger partial charge on any atom is 0.115 e. The lowest BCUT2D eigenvalue weighted by Crippen LogP contribution is -2.32. The van der Waals surface area contributed by atoms with Gasteiger partial charge in [-0.1, -0.05) is 80.1 Å². The van der Waals surface area contributed by atoms with Gasteiger partial charge >= 0.3 is 0 Å². The zero-order chi connectivity index (χ0) is 17.4. The molecule has 0 unspecified atom stereocenters. The Bertz CT molecular complexity index is 679. The molecule has 0 saturated heterocycles. The van der Waals surface area contributed by atoms with Crippen LogP contribution in [-0.4, -0.2) is 6.16 Å². The van der Waals surface area contributed by atoms with Crippen LogP contribution >= 0.6 is 7.26 Å². The summed E-state index contributed by atoms with van der Waals surface area (Å²) in [6.07, 6.45) is 8.18. The van der Waals surface area contributed by atoms with Crippen LogP contribution in [0.5, 0.6) is 0 Å². The first kappa shape index (κ1) is 17.6. The number of benzene rings is 3. The molecule has 0 heterocycles. The van der Waals surface area contributed by atoms with Gasteiger partial charge in [0.05, 0.1) is 6.16 Å². The molecule has 0 nitrogen and oxygen atoms in total. The third-order valence-corrected chi connectivity index (χ3v) is 8.89. The van der Waals surface area contributed by atoms with Crippen molar-refractivity contribution in [2.45, 2.75) is 19.8 Å². The van der Waals surface area contributed by atoms with Gasteiger partial charge in [0.25, 0.3) is 0 Å². The third kappa shape index (κ3) is 3.91. The average molecular weight is 345 g/mol. The van der Waals surface area contributed by atoms with E-state index in [1.165, 1.54) is 22.3 Å². The standard InChI is InChI=1S/C24H26P/c1-2-3-4-14-21-25(22-15-8-5-9-16-22,23-17-10-6-11-18-23)24-19-12-7-13-20-24/h4-20H,2-3,21H2,1H3/q+1/b14-4-. The van der Waals surface area contributed by atoms with Crippen LogP contribution in [0.2, 0.25) is 0 Å². The van der Waals surface area contributed by atoms with Gasteiger partial charge in [-0.2, -0.15) is 0 Å². The highest BCUT2D eigenvalue weighted by Gasteiger charge is 2.43. The Morgan fingerprint density at radius 1 is 0.600 bits per heavy atom. The monoisotopic (exact) mass is 345 g/mol. The van der Waals surface area contributed by atoms with Crippen molar-refractivity contribution >= 4 is 23.2 Å². The normalized spacial score (nSPS) is 11.7. The Hall–Kier alpha value is -2.17. The van der Waals surface area contributed by atoms with Gasteiger partial charge in [0.2, 0.25) is 0 Å². The van der Waals surface area contributed by atoms with Crippen LogP contribution in [0.4, 0.5) is 0 Å². The summed E-state index contributed by atoms with van der Waals surface area (Å²) in [5.74, 6) is 0. The van der Waals surface area contributed by atoms with Crippen molar-refractivity contribution in [2.24, 2.45) is 0 Å². The zero-order valence-electron chi connectivity index (χ0n) is 14.9. The number of hydrogen-bond donors (Lipinski definition) is 0. The van der Waals surface area contributed by atoms with Crippen LogP contribution in [0.15, 0.2) is 103 Å². The van der Waals surface area contributed by atoms with E-state index in [-0.39, 0.29) is 0 Å². The summed E-state index contributed by atoms with van der Waals surface area (Å²) in [5, 5.41) is 4.36. The molecule has 0 aromatic heterocycles. The predicted molar refractivity (Wildman–Crippen MR) is 114 cm³/mol. The summed E-state index contributed by atoms with van der Waals surface area (Å²) in [6.45, 7) is 2.23. The second-order valence-electron chi connectivity index (χ2n) is 6.26. The second-order valence-corrected chi connectivity index (χ2v) is 9.79. The fraction of sp³-hybridized carbons (Fsp3) is 0.167. The molecule has 0 atom stereocenters. The van der Waals surface area contributed by atoms with Gasteiger partial charge in [0.15, 0.2) is 0 Å². The number of rotatable bonds is 7. The predicted octanol–water partition coefficient (Wildman–Crippen LogP) is 5.34. The van der Waals surface area contributed by atoms with Gasteiger partial charge in [-0.15, -0.1) is 0 Å². The molecule has 126 valence electrons. The Balaban J connectivity index is 2.20. The van der Waals surface area contributed by atoms with E-state index in [0.29, 0.717) is 0 Å². The lowest BCUT2D eigenvalue weighted by molar-refractivity contribution is 0.957. The number of unbranched alkanes of at least 4 members (excludes halogenated alkanes) is 1. The maximum atomic E-state index is 2.41. The molecule has 0 bridgehead atoms. The highest BCUT2D eigenvalue weighted by molar-refractivity contribution is 7.95. The Kier molecular flexibility index (Phi) is 6.20. The SMILES string of the molecule is CCC/C=C\C[P+](c1ccccc1)(c1ccccc1)c1ccccc1. The van der Waals surface area contributed by atoms with Gasteiger partial charge in [0, 0.05) is 0 Å². The fourth-order valence-corrected chi connectivity index (χ4v) is 7.36. The van der Waals surface area contributed by atoms with E-state index in [1.807, 2.05) is 0 Å². The molecule has 25 heavy (non-hydrogen) atoms. The van der Waals surface area contributed by atoms with Crippen LogP contribution in [-0.2, 0) is 0 Å². The lowest BCUT2D eigenvalue weighted by Gasteiger charge is -2.26. The van der Waals surface area contributed by atoms with Crippen molar-refractivity contribution in [3.8, 4) is 0 Å². The number of hydrogen-bond acceptors (Lipinski definition) is 0. The van der Waals surface area contributed by atoms with Gasteiger partial charge in [0.1, 0.15) is 23.2 Å². The summed E-state index contributed by atoms with van der Waals surface area (Å²) in [6, 6.07) is 33.2. The Morgan fingerprint density at radius 2 is 1.00 bits per heavy atom. The summed E-state index contributed by atoms with van der Waals surface area (Å²) in [7, 11) is -1.68. The van der Waals surface area contributed by atoms with E-state index >= 15 is 0 Å². The third-order valence-electron chi connectivity index (χ3n) is 4.59. The minimum atomic E-state index is -1.68. The minimum Gasteiger partial charge on any atom is -0.0849 e. The van der Waals surface area contributed by atoms with Crippen LogP contribution in [0.25, 0.3) is 0 Å². The van der Waals surface area contributed by atoms with E-state index in [9.17, 15) is 0 Å². The molecular formula is C24H26P+. The minimum absolute atomic E-state index is 1.07. The first-order chi connectivity index (χ1) is 12.4. The molecule has 3 aromatic rings. The second kappa shape index (κ2) is 8.79. The molecular weight excluding hydrogens is 319 g/mol. The van der Waals surface area contributed by atoms with E-state index in [4.69, 9.17) is 0 Å². The van der Waals surface area contributed by atoms with Gasteiger partial charge in [-0.3, -0.25) is 0 Å². The van der Waals surface area contributed by atoms with Crippen molar-refractivity contribution in [1.29, 1.82) is 0 Å². The molecule has 0 aliphatic rings. The highest BCUT2D eigenvalue weighted by atomic mass is 31.2. The van der Waals surface area contributed by atoms with Crippen LogP contribution in [0, 0.1) is 0 Å². The van der Waals surface area contributed by atoms with Crippen molar-refractivity contribution in [1.82, 2.24) is 0 Å². The van der Waals surface area contributed by atoms with E-state index in [2.05, 4.69) is 110 Å². The van der Waals surface area contributed by atoms with Gasteiger partial charge < -0.3 is 0 Å². The van der Waals surface area contributed by atoms with E-state index in [1.54, 1.807) is 0 Å². The fourth-order valence-electron chi connectivity index (χ4n) is 3.33. The van der Waals surface area contributed by atoms with E-state index < -0.39 is 7.26 Å². The maximum absolute atomic E-state index is 2.41. The Morgan fingerprint density at radius 3 is 1.36 bits per heavy atom. The largest absolute Gasteiger partial charge is 0.115 e. The molecule has 0 N–H and O–H groups in total. The van der Waals surface area contributed by atoms with Gasteiger partial charge in [-0.25, -0.2) is 0 Å². The highest BCUT2D eigenvalue weighted by Crippen LogP contribution is 2.55. The molecule has 0 amide bonds. The topological polar surface area (TPSA) is 0 Å². The van der Waals surface area contributed by atoms with Crippen molar-refractivity contribution in [3.63, 3.8) is 0 Å². The molecule has 3 aromatic carbocycles. The van der Waals surface area contributed by atoms with Gasteiger partial charge in [-0.05, 0) is 42.8 Å². The van der Waals surface area contributed by atoms with Crippen molar-refractivity contribution in [2.75, 3.05) is 6.16 Å². The zero-order valence-corrected chi connectivity index (χ0v) is 15.8. The first-order valence-corrected chi connectivity index (χ1v) is 11.1. The molecule has 0 aliphatic carbocycles. The van der Waals surface area contributed by atoms with Crippen LogP contribution in [0.3, 0.4) is 0 Å².